The highest BCUT2D eigenvalue weighted by molar-refractivity contribution is 7.18. The molecular formula is C20H28N4O2S. The molecule has 0 aliphatic carbocycles. The van der Waals surface area contributed by atoms with E-state index in [-0.39, 0.29) is 6.10 Å². The molecule has 2 unspecified atom stereocenters. The SMILES string of the molecule is Cc1sc2nc(CN3CCOCC3)nc(N3C4CCC3CC(O)C4)c2c1C. The van der Waals surface area contributed by atoms with Gasteiger partial charge in [-0.1, -0.05) is 0 Å². The Morgan fingerprint density at radius 1 is 1.11 bits per heavy atom. The Bertz CT molecular complexity index is 834. The molecule has 7 heteroatoms. The molecule has 27 heavy (non-hydrogen) atoms. The van der Waals surface area contributed by atoms with Crippen LogP contribution in [0.1, 0.15) is 41.9 Å². The average Bonchev–Trinajstić information content (AvgIpc) is 3.09. The van der Waals surface area contributed by atoms with Crippen molar-refractivity contribution < 1.29 is 9.84 Å². The van der Waals surface area contributed by atoms with E-state index in [1.807, 2.05) is 0 Å². The van der Waals surface area contributed by atoms with Gasteiger partial charge in [0.15, 0.2) is 0 Å². The van der Waals surface area contributed by atoms with Gasteiger partial charge in [0.2, 0.25) is 0 Å². The molecule has 3 saturated heterocycles. The molecule has 146 valence electrons. The van der Waals surface area contributed by atoms with Crippen LogP contribution in [0.15, 0.2) is 0 Å². The van der Waals surface area contributed by atoms with Gasteiger partial charge in [-0.25, -0.2) is 9.97 Å². The maximum Gasteiger partial charge on any atom is 0.146 e. The van der Waals surface area contributed by atoms with E-state index in [1.54, 1.807) is 11.3 Å². The van der Waals surface area contributed by atoms with E-state index in [2.05, 4.69) is 23.6 Å². The van der Waals surface area contributed by atoms with E-state index >= 15 is 0 Å². The number of rotatable bonds is 3. The first kappa shape index (κ1) is 17.8. The lowest BCUT2D eigenvalue weighted by atomic mass is 9.99. The quantitative estimate of drug-likeness (QED) is 0.872. The third-order valence-corrected chi connectivity index (χ3v) is 7.58. The molecule has 2 aromatic rings. The fraction of sp³-hybridized carbons (Fsp3) is 0.700. The highest BCUT2D eigenvalue weighted by Gasteiger charge is 2.42. The van der Waals surface area contributed by atoms with Crippen LogP contribution in [0.4, 0.5) is 5.82 Å². The Labute approximate surface area is 164 Å². The molecule has 3 aliphatic rings. The van der Waals surface area contributed by atoms with Crippen molar-refractivity contribution >= 4 is 27.4 Å². The summed E-state index contributed by atoms with van der Waals surface area (Å²) in [4.78, 5) is 17.4. The van der Waals surface area contributed by atoms with Gasteiger partial charge in [-0.15, -0.1) is 11.3 Å². The van der Waals surface area contributed by atoms with Gasteiger partial charge in [0.1, 0.15) is 16.5 Å². The second-order valence-corrected chi connectivity index (χ2v) is 9.44. The summed E-state index contributed by atoms with van der Waals surface area (Å²) in [6.45, 7) is 8.64. The predicted molar refractivity (Wildman–Crippen MR) is 108 cm³/mol. The van der Waals surface area contributed by atoms with Crippen LogP contribution >= 0.6 is 11.3 Å². The number of thiophene rings is 1. The molecule has 5 heterocycles. The first-order valence-corrected chi connectivity index (χ1v) is 10.9. The predicted octanol–water partition coefficient (Wildman–Crippen LogP) is 2.63. The summed E-state index contributed by atoms with van der Waals surface area (Å²) in [7, 11) is 0. The molecule has 1 N–H and O–H groups in total. The Kier molecular flexibility index (Phi) is 4.58. The van der Waals surface area contributed by atoms with Gasteiger partial charge in [0.05, 0.1) is 31.2 Å². The van der Waals surface area contributed by atoms with Gasteiger partial charge in [0, 0.05) is 30.1 Å². The summed E-state index contributed by atoms with van der Waals surface area (Å²) >= 11 is 1.79. The first-order valence-electron chi connectivity index (χ1n) is 10.1. The van der Waals surface area contributed by atoms with Crippen molar-refractivity contribution in [3.8, 4) is 0 Å². The first-order chi connectivity index (χ1) is 13.1. The van der Waals surface area contributed by atoms with E-state index in [1.165, 1.54) is 15.8 Å². The number of aryl methyl sites for hydroxylation is 2. The minimum atomic E-state index is -0.158. The number of aliphatic hydroxyl groups excluding tert-OH is 1. The largest absolute Gasteiger partial charge is 0.393 e. The molecule has 3 aliphatic heterocycles. The van der Waals surface area contributed by atoms with Crippen LogP contribution in [0.5, 0.6) is 0 Å². The van der Waals surface area contributed by atoms with Crippen LogP contribution < -0.4 is 4.90 Å². The number of morpholine rings is 1. The molecule has 0 aromatic carbocycles. The number of aromatic nitrogens is 2. The number of aliphatic hydroxyl groups is 1. The summed E-state index contributed by atoms with van der Waals surface area (Å²) in [6, 6.07) is 0.820. The molecular weight excluding hydrogens is 360 g/mol. The number of fused-ring (bicyclic) bond motifs is 3. The topological polar surface area (TPSA) is 61.7 Å². The van der Waals surface area contributed by atoms with Gasteiger partial charge in [0.25, 0.3) is 0 Å². The fourth-order valence-corrected chi connectivity index (χ4v) is 6.03. The second-order valence-electron chi connectivity index (χ2n) is 8.23. The highest BCUT2D eigenvalue weighted by atomic mass is 32.1. The van der Waals surface area contributed by atoms with Crippen LogP contribution in [-0.2, 0) is 11.3 Å². The minimum Gasteiger partial charge on any atom is -0.393 e. The molecule has 2 bridgehead atoms. The average molecular weight is 389 g/mol. The molecule has 0 spiro atoms. The molecule has 2 aromatic heterocycles. The number of hydrogen-bond acceptors (Lipinski definition) is 7. The smallest absolute Gasteiger partial charge is 0.146 e. The standard InChI is InChI=1S/C20H28N4O2S/c1-12-13(2)27-20-18(12)19(24-14-3-4-15(24)10-16(25)9-14)21-17(22-20)11-23-5-7-26-8-6-23/h14-16,25H,3-11H2,1-2H3. The zero-order valence-corrected chi connectivity index (χ0v) is 17.0. The van der Waals surface area contributed by atoms with Gasteiger partial charge >= 0.3 is 0 Å². The van der Waals surface area contributed by atoms with Crippen molar-refractivity contribution in [2.75, 3.05) is 31.2 Å². The van der Waals surface area contributed by atoms with E-state index in [9.17, 15) is 5.11 Å². The second kappa shape index (κ2) is 6.95. The van der Waals surface area contributed by atoms with Crippen molar-refractivity contribution in [2.45, 2.75) is 64.3 Å². The summed E-state index contributed by atoms with van der Waals surface area (Å²) in [5, 5.41) is 11.5. The van der Waals surface area contributed by atoms with Gasteiger partial charge < -0.3 is 14.7 Å². The van der Waals surface area contributed by atoms with E-state index < -0.39 is 0 Å². The Morgan fingerprint density at radius 3 is 2.52 bits per heavy atom. The van der Waals surface area contributed by atoms with Crippen LogP contribution in [0.3, 0.4) is 0 Å². The van der Waals surface area contributed by atoms with Crippen LogP contribution in [0.2, 0.25) is 0 Å². The molecule has 0 amide bonds. The molecule has 6 nitrogen and oxygen atoms in total. The summed E-state index contributed by atoms with van der Waals surface area (Å²) in [5.74, 6) is 2.04. The maximum atomic E-state index is 10.2. The Morgan fingerprint density at radius 2 is 1.81 bits per heavy atom. The van der Waals surface area contributed by atoms with Crippen LogP contribution in [-0.4, -0.2) is 64.5 Å². The molecule has 0 saturated carbocycles. The number of nitrogens with zero attached hydrogens (tertiary/aromatic N) is 4. The number of piperidine rings is 1. The number of anilines is 1. The van der Waals surface area contributed by atoms with Gasteiger partial charge in [-0.3, -0.25) is 4.90 Å². The van der Waals surface area contributed by atoms with Crippen molar-refractivity contribution in [3.63, 3.8) is 0 Å². The molecule has 5 rings (SSSR count). The minimum absolute atomic E-state index is 0.158. The monoisotopic (exact) mass is 388 g/mol. The van der Waals surface area contributed by atoms with Gasteiger partial charge in [-0.2, -0.15) is 0 Å². The summed E-state index contributed by atoms with van der Waals surface area (Å²) < 4.78 is 5.48. The van der Waals surface area contributed by atoms with Crippen LogP contribution in [0, 0.1) is 13.8 Å². The lowest BCUT2D eigenvalue weighted by Gasteiger charge is -2.38. The van der Waals surface area contributed by atoms with Crippen molar-refractivity contribution in [2.24, 2.45) is 0 Å². The molecule has 3 fully saturated rings. The summed E-state index contributed by atoms with van der Waals surface area (Å²) in [5.41, 5.74) is 1.31. The highest BCUT2D eigenvalue weighted by Crippen LogP contribution is 2.43. The zero-order chi connectivity index (χ0) is 18.5. The zero-order valence-electron chi connectivity index (χ0n) is 16.1. The lowest BCUT2D eigenvalue weighted by molar-refractivity contribution is 0.0331. The van der Waals surface area contributed by atoms with Crippen molar-refractivity contribution in [1.82, 2.24) is 14.9 Å². The number of ether oxygens (including phenoxy) is 1. The maximum absolute atomic E-state index is 10.2. The van der Waals surface area contributed by atoms with Crippen molar-refractivity contribution in [3.05, 3.63) is 16.3 Å². The molecule has 0 radical (unpaired) electrons. The van der Waals surface area contributed by atoms with E-state index in [0.717, 1.165) is 75.0 Å². The summed E-state index contributed by atoms with van der Waals surface area (Å²) in [6.07, 6.45) is 3.89. The van der Waals surface area contributed by atoms with E-state index in [0.29, 0.717) is 12.1 Å². The molecule has 2 atom stereocenters. The van der Waals surface area contributed by atoms with E-state index in [4.69, 9.17) is 14.7 Å². The van der Waals surface area contributed by atoms with Crippen molar-refractivity contribution in [1.29, 1.82) is 0 Å². The Balaban J connectivity index is 1.57. The third-order valence-electron chi connectivity index (χ3n) is 6.48. The normalized spacial score (nSPS) is 29.0. The Hall–Kier alpha value is -1.28. The lowest BCUT2D eigenvalue weighted by Crippen LogP contribution is -2.45. The number of hydrogen-bond donors (Lipinski definition) is 1. The fourth-order valence-electron chi connectivity index (χ4n) is 4.98. The third kappa shape index (κ3) is 3.14. The van der Waals surface area contributed by atoms with Crippen LogP contribution in [0.25, 0.3) is 10.2 Å². The van der Waals surface area contributed by atoms with Gasteiger partial charge in [-0.05, 0) is 45.1 Å².